The fourth-order valence-electron chi connectivity index (χ4n) is 4.43. The van der Waals surface area contributed by atoms with E-state index in [0.717, 1.165) is 11.3 Å². The summed E-state index contributed by atoms with van der Waals surface area (Å²) in [7, 11) is -3.67. The quantitative estimate of drug-likeness (QED) is 0.673. The number of nitrogens with one attached hydrogen (secondary N) is 1. The number of alkyl halides is 2. The Morgan fingerprint density at radius 2 is 1.87 bits per heavy atom. The third-order valence-corrected chi connectivity index (χ3v) is 8.16. The molecule has 10 heteroatoms. The Labute approximate surface area is 181 Å². The van der Waals surface area contributed by atoms with E-state index < -0.39 is 15.9 Å². The first kappa shape index (κ1) is 22.6. The average Bonchev–Trinajstić information content (AvgIpc) is 3.00. The Balaban J connectivity index is 1.66. The van der Waals surface area contributed by atoms with Crippen molar-refractivity contribution in [2.45, 2.75) is 75.3 Å². The standard InChI is InChI=1S/C21H30F2N4O3S/c1-20(2,3)19-24-17-10-16(31(29,30)26-12-15(13-26)25-28)4-5-18(17)27(19)11-14-6-8-21(22,23)9-7-14/h4-5,10,14-15,25,28H,6-9,11-13H2,1-3H3. The Bertz CT molecular complexity index is 1060. The fourth-order valence-corrected chi connectivity index (χ4v) is 5.98. The van der Waals surface area contributed by atoms with Crippen LogP contribution in [0.3, 0.4) is 0 Å². The third-order valence-electron chi connectivity index (χ3n) is 6.34. The van der Waals surface area contributed by atoms with Crippen LogP contribution < -0.4 is 5.48 Å². The molecule has 31 heavy (non-hydrogen) atoms. The molecule has 0 amide bonds. The molecule has 0 bridgehead atoms. The van der Waals surface area contributed by atoms with Crippen LogP contribution in [0.5, 0.6) is 0 Å². The lowest BCUT2D eigenvalue weighted by molar-refractivity contribution is -0.0473. The van der Waals surface area contributed by atoms with Crippen molar-refractivity contribution in [3.8, 4) is 0 Å². The molecule has 1 aliphatic heterocycles. The van der Waals surface area contributed by atoms with Gasteiger partial charge in [-0.2, -0.15) is 9.79 Å². The highest BCUT2D eigenvalue weighted by atomic mass is 32.2. The summed E-state index contributed by atoms with van der Waals surface area (Å²) in [6, 6.07) is 4.68. The van der Waals surface area contributed by atoms with Crippen LogP contribution in [0, 0.1) is 5.92 Å². The molecule has 2 heterocycles. The van der Waals surface area contributed by atoms with Crippen LogP contribution in [-0.2, 0) is 22.0 Å². The van der Waals surface area contributed by atoms with Crippen molar-refractivity contribution in [1.82, 2.24) is 19.3 Å². The van der Waals surface area contributed by atoms with Gasteiger partial charge in [-0.05, 0) is 37.0 Å². The van der Waals surface area contributed by atoms with Crippen LogP contribution in [0.4, 0.5) is 8.78 Å². The van der Waals surface area contributed by atoms with Gasteiger partial charge in [-0.25, -0.2) is 22.2 Å². The van der Waals surface area contributed by atoms with E-state index in [-0.39, 0.29) is 48.2 Å². The molecule has 1 aliphatic carbocycles. The maximum Gasteiger partial charge on any atom is 0.248 e. The summed E-state index contributed by atoms with van der Waals surface area (Å²) >= 11 is 0. The number of benzene rings is 1. The Hall–Kier alpha value is -1.62. The summed E-state index contributed by atoms with van der Waals surface area (Å²) in [6.07, 6.45) is 0.767. The molecule has 2 aromatic rings. The lowest BCUT2D eigenvalue weighted by atomic mass is 9.86. The van der Waals surface area contributed by atoms with Crippen LogP contribution in [0.1, 0.15) is 52.3 Å². The molecule has 4 rings (SSSR count). The van der Waals surface area contributed by atoms with E-state index in [4.69, 9.17) is 10.2 Å². The van der Waals surface area contributed by atoms with Crippen LogP contribution in [0.2, 0.25) is 0 Å². The molecule has 0 radical (unpaired) electrons. The highest BCUT2D eigenvalue weighted by molar-refractivity contribution is 7.89. The summed E-state index contributed by atoms with van der Waals surface area (Å²) in [4.78, 5) is 4.93. The second-order valence-electron chi connectivity index (χ2n) is 9.89. The largest absolute Gasteiger partial charge is 0.327 e. The number of imidazole rings is 1. The van der Waals surface area contributed by atoms with Crippen molar-refractivity contribution in [3.63, 3.8) is 0 Å². The zero-order chi connectivity index (χ0) is 22.6. The molecule has 1 aromatic carbocycles. The molecule has 2 aliphatic rings. The first-order valence-electron chi connectivity index (χ1n) is 10.7. The van der Waals surface area contributed by atoms with Crippen LogP contribution >= 0.6 is 0 Å². The molecule has 1 aromatic heterocycles. The normalized spacial score (nSPS) is 21.5. The highest BCUT2D eigenvalue weighted by Crippen LogP contribution is 2.38. The zero-order valence-corrected chi connectivity index (χ0v) is 18.9. The maximum atomic E-state index is 13.6. The first-order chi connectivity index (χ1) is 14.4. The third kappa shape index (κ3) is 4.35. The zero-order valence-electron chi connectivity index (χ0n) is 18.1. The lowest BCUT2D eigenvalue weighted by Gasteiger charge is -2.36. The van der Waals surface area contributed by atoms with E-state index >= 15 is 0 Å². The summed E-state index contributed by atoms with van der Waals surface area (Å²) in [5.74, 6) is -1.60. The van der Waals surface area contributed by atoms with Gasteiger partial charge in [0.05, 0.1) is 22.0 Å². The highest BCUT2D eigenvalue weighted by Gasteiger charge is 2.38. The van der Waals surface area contributed by atoms with Crippen molar-refractivity contribution >= 4 is 21.1 Å². The van der Waals surface area contributed by atoms with Gasteiger partial charge in [0.1, 0.15) is 5.82 Å². The lowest BCUT2D eigenvalue weighted by Crippen LogP contribution is -2.58. The predicted molar refractivity (Wildman–Crippen MR) is 113 cm³/mol. The van der Waals surface area contributed by atoms with E-state index in [9.17, 15) is 17.2 Å². The SMILES string of the molecule is CC(C)(C)c1nc2cc(S(=O)(=O)N3CC(NO)C3)ccc2n1CC1CCC(F)(F)CC1. The number of sulfonamides is 1. The molecular weight excluding hydrogens is 426 g/mol. The monoisotopic (exact) mass is 456 g/mol. The number of halogens is 2. The van der Waals surface area contributed by atoms with E-state index in [0.29, 0.717) is 24.9 Å². The number of hydrogen-bond donors (Lipinski definition) is 2. The van der Waals surface area contributed by atoms with Crippen LogP contribution in [0.15, 0.2) is 23.1 Å². The van der Waals surface area contributed by atoms with E-state index in [1.54, 1.807) is 18.2 Å². The fraction of sp³-hybridized carbons (Fsp3) is 0.667. The molecule has 0 unspecified atom stereocenters. The number of aromatic nitrogens is 2. The number of nitrogens with zero attached hydrogens (tertiary/aromatic N) is 3. The Kier molecular flexibility index (Phi) is 5.65. The molecule has 2 N–H and O–H groups in total. The molecule has 7 nitrogen and oxygen atoms in total. The second-order valence-corrected chi connectivity index (χ2v) is 11.8. The molecule has 1 saturated carbocycles. The van der Waals surface area contributed by atoms with Gasteiger partial charge in [0.15, 0.2) is 0 Å². The van der Waals surface area contributed by atoms with Gasteiger partial charge >= 0.3 is 0 Å². The van der Waals surface area contributed by atoms with Gasteiger partial charge in [-0.3, -0.25) is 0 Å². The minimum atomic E-state index is -3.67. The van der Waals surface area contributed by atoms with Crippen molar-refractivity contribution in [2.75, 3.05) is 13.1 Å². The predicted octanol–water partition coefficient (Wildman–Crippen LogP) is 3.51. The molecule has 0 spiro atoms. The van der Waals surface area contributed by atoms with Crippen molar-refractivity contribution < 1.29 is 22.4 Å². The van der Waals surface area contributed by atoms with E-state index in [2.05, 4.69) is 10.0 Å². The smallest absolute Gasteiger partial charge is 0.248 e. The van der Waals surface area contributed by atoms with E-state index in [1.165, 1.54) is 4.31 Å². The summed E-state index contributed by atoms with van der Waals surface area (Å²) < 4.78 is 56.3. The van der Waals surface area contributed by atoms with Gasteiger partial charge < -0.3 is 9.77 Å². The molecule has 0 atom stereocenters. The summed E-state index contributed by atoms with van der Waals surface area (Å²) in [6.45, 7) is 7.15. The van der Waals surface area contributed by atoms with Crippen LogP contribution in [-0.4, -0.2) is 52.5 Å². The Morgan fingerprint density at radius 1 is 1.23 bits per heavy atom. The number of rotatable bonds is 5. The minimum Gasteiger partial charge on any atom is -0.327 e. The molecule has 2 fully saturated rings. The van der Waals surface area contributed by atoms with Gasteiger partial charge in [0.25, 0.3) is 0 Å². The summed E-state index contributed by atoms with van der Waals surface area (Å²) in [5.41, 5.74) is 3.21. The molecule has 172 valence electrons. The maximum absolute atomic E-state index is 13.6. The molecular formula is C21H30F2N4O3S. The first-order valence-corrected chi connectivity index (χ1v) is 12.1. The number of hydrogen-bond acceptors (Lipinski definition) is 5. The Morgan fingerprint density at radius 3 is 2.45 bits per heavy atom. The summed E-state index contributed by atoms with van der Waals surface area (Å²) in [5, 5.41) is 8.93. The number of fused-ring (bicyclic) bond motifs is 1. The second kappa shape index (κ2) is 7.75. The van der Waals surface area contributed by atoms with Gasteiger partial charge in [-0.1, -0.05) is 20.8 Å². The number of hydroxylamine groups is 1. The van der Waals surface area contributed by atoms with Crippen molar-refractivity contribution in [3.05, 3.63) is 24.0 Å². The molecule has 1 saturated heterocycles. The van der Waals surface area contributed by atoms with Crippen molar-refractivity contribution in [1.29, 1.82) is 0 Å². The van der Waals surface area contributed by atoms with Gasteiger partial charge in [0.2, 0.25) is 15.9 Å². The minimum absolute atomic E-state index is 0.0862. The van der Waals surface area contributed by atoms with E-state index in [1.807, 2.05) is 20.8 Å². The van der Waals surface area contributed by atoms with Gasteiger partial charge in [-0.15, -0.1) is 0 Å². The topological polar surface area (TPSA) is 87.5 Å². The van der Waals surface area contributed by atoms with Gasteiger partial charge in [0, 0.05) is 37.9 Å². The van der Waals surface area contributed by atoms with Crippen molar-refractivity contribution in [2.24, 2.45) is 5.92 Å². The van der Waals surface area contributed by atoms with Crippen LogP contribution in [0.25, 0.3) is 11.0 Å². The average molecular weight is 457 g/mol.